The van der Waals surface area contributed by atoms with E-state index in [1.54, 1.807) is 42.5 Å². The van der Waals surface area contributed by atoms with Gasteiger partial charge in [0.05, 0.1) is 9.75 Å². The highest BCUT2D eigenvalue weighted by molar-refractivity contribution is 7.80. The van der Waals surface area contributed by atoms with Crippen molar-refractivity contribution in [1.29, 1.82) is 0 Å². The molecule has 3 aromatic rings. The van der Waals surface area contributed by atoms with Crippen LogP contribution in [0.4, 0.5) is 11.4 Å². The molecule has 3 N–H and O–H groups in total. The van der Waals surface area contributed by atoms with Gasteiger partial charge in [-0.2, -0.15) is 0 Å². The van der Waals surface area contributed by atoms with Gasteiger partial charge < -0.3 is 10.6 Å². The lowest BCUT2D eigenvalue weighted by Gasteiger charge is -2.10. The summed E-state index contributed by atoms with van der Waals surface area (Å²) in [6, 6.07) is 14.2. The molecule has 0 spiro atoms. The molecule has 2 heterocycles. The van der Waals surface area contributed by atoms with Crippen molar-refractivity contribution in [2.24, 2.45) is 0 Å². The molecule has 0 fully saturated rings. The van der Waals surface area contributed by atoms with Crippen LogP contribution in [0.15, 0.2) is 59.3 Å². The number of hydrogen-bond donors (Lipinski definition) is 3. The summed E-state index contributed by atoms with van der Waals surface area (Å²) >= 11 is 7.88. The fourth-order valence-corrected chi connectivity index (χ4v) is 3.46. The normalized spacial score (nSPS) is 10.1. The molecule has 0 unspecified atom stereocenters. The maximum atomic E-state index is 12.1. The first-order valence-corrected chi connectivity index (χ1v) is 9.39. The number of carbonyl (C=O) groups is 2. The maximum absolute atomic E-state index is 12.1. The molecule has 5 nitrogen and oxygen atoms in total. The predicted octanol–water partition coefficient (Wildman–Crippen LogP) is 4.19. The Morgan fingerprint density at radius 1 is 0.800 bits per heavy atom. The smallest absolute Gasteiger partial charge is 0.267 e. The summed E-state index contributed by atoms with van der Waals surface area (Å²) in [5, 5.41) is 12.2. The second-order valence-electron chi connectivity index (χ2n) is 4.90. The van der Waals surface area contributed by atoms with Crippen LogP contribution in [0.3, 0.4) is 0 Å². The van der Waals surface area contributed by atoms with Gasteiger partial charge in [0.25, 0.3) is 11.8 Å². The van der Waals surface area contributed by atoms with Crippen LogP contribution in [-0.4, -0.2) is 16.9 Å². The quantitative estimate of drug-likeness (QED) is 0.587. The fraction of sp³-hybridized carbons (Fsp3) is 0. The number of hydrogen-bond acceptors (Lipinski definition) is 5. The number of thiophene rings is 2. The van der Waals surface area contributed by atoms with Crippen LogP contribution in [0.1, 0.15) is 19.3 Å². The minimum absolute atomic E-state index is 0.166. The summed E-state index contributed by atoms with van der Waals surface area (Å²) < 4.78 is 0. The highest BCUT2D eigenvalue weighted by atomic mass is 32.1. The molecule has 0 bridgehead atoms. The van der Waals surface area contributed by atoms with E-state index in [2.05, 4.69) is 16.0 Å². The number of benzene rings is 1. The molecular formula is C17H13N3O2S3. The summed E-state index contributed by atoms with van der Waals surface area (Å²) in [6.07, 6.45) is 0. The van der Waals surface area contributed by atoms with Crippen molar-refractivity contribution >= 4 is 63.2 Å². The SMILES string of the molecule is O=C(NC(=S)Nc1cccc(NC(=O)c2cccs2)c1)c1cccs1. The zero-order chi connectivity index (χ0) is 17.6. The van der Waals surface area contributed by atoms with E-state index in [0.29, 0.717) is 21.1 Å². The van der Waals surface area contributed by atoms with Crippen LogP contribution in [0.5, 0.6) is 0 Å². The maximum Gasteiger partial charge on any atom is 0.267 e. The number of nitrogens with one attached hydrogen (secondary N) is 3. The molecule has 0 saturated carbocycles. The fourth-order valence-electron chi connectivity index (χ4n) is 2.01. The molecule has 3 rings (SSSR count). The first kappa shape index (κ1) is 17.3. The van der Waals surface area contributed by atoms with Crippen molar-refractivity contribution in [3.05, 3.63) is 69.0 Å². The Balaban J connectivity index is 1.60. The first-order valence-electron chi connectivity index (χ1n) is 7.22. The van der Waals surface area contributed by atoms with Crippen LogP contribution in [-0.2, 0) is 0 Å². The van der Waals surface area contributed by atoms with E-state index < -0.39 is 0 Å². The van der Waals surface area contributed by atoms with Crippen molar-refractivity contribution in [1.82, 2.24) is 5.32 Å². The highest BCUT2D eigenvalue weighted by Crippen LogP contribution is 2.17. The summed E-state index contributed by atoms with van der Waals surface area (Å²) in [4.78, 5) is 25.3. The standard InChI is InChI=1S/C17H13N3O2S3/c21-15(13-6-2-8-24-13)18-11-4-1-5-12(10-11)19-17(23)20-16(22)14-7-3-9-25-14/h1-10H,(H,18,21)(H2,19,20,22,23). The highest BCUT2D eigenvalue weighted by Gasteiger charge is 2.10. The van der Waals surface area contributed by atoms with Crippen LogP contribution >= 0.6 is 34.9 Å². The number of anilines is 2. The number of amides is 2. The van der Waals surface area contributed by atoms with Gasteiger partial charge in [0.2, 0.25) is 0 Å². The third-order valence-corrected chi connectivity index (χ3v) is 5.04. The van der Waals surface area contributed by atoms with Crippen molar-refractivity contribution in [2.75, 3.05) is 10.6 Å². The Morgan fingerprint density at radius 3 is 2.00 bits per heavy atom. The monoisotopic (exact) mass is 387 g/mol. The molecule has 0 aliphatic carbocycles. The third kappa shape index (κ3) is 4.72. The lowest BCUT2D eigenvalue weighted by atomic mass is 10.2. The van der Waals surface area contributed by atoms with Gasteiger partial charge in [0.1, 0.15) is 0 Å². The molecule has 8 heteroatoms. The lowest BCUT2D eigenvalue weighted by Crippen LogP contribution is -2.33. The van der Waals surface area contributed by atoms with Crippen LogP contribution in [0.25, 0.3) is 0 Å². The van der Waals surface area contributed by atoms with Crippen LogP contribution in [0.2, 0.25) is 0 Å². The average Bonchev–Trinajstić information content (AvgIpc) is 3.29. The van der Waals surface area contributed by atoms with Crippen LogP contribution in [0, 0.1) is 0 Å². The van der Waals surface area contributed by atoms with Crippen molar-refractivity contribution in [3.63, 3.8) is 0 Å². The molecule has 0 radical (unpaired) electrons. The Kier molecular flexibility index (Phi) is 5.54. The van der Waals surface area contributed by atoms with Crippen LogP contribution < -0.4 is 16.0 Å². The zero-order valence-corrected chi connectivity index (χ0v) is 15.3. The summed E-state index contributed by atoms with van der Waals surface area (Å²) in [7, 11) is 0. The minimum Gasteiger partial charge on any atom is -0.332 e. The Bertz CT molecular complexity index is 890. The van der Waals surface area contributed by atoms with Gasteiger partial charge in [-0.3, -0.25) is 14.9 Å². The Labute approximate surface area is 157 Å². The summed E-state index contributed by atoms with van der Waals surface area (Å²) in [5.74, 6) is -0.421. The molecule has 0 aliphatic rings. The average molecular weight is 388 g/mol. The Morgan fingerprint density at radius 2 is 1.40 bits per heavy atom. The second-order valence-corrected chi connectivity index (χ2v) is 7.20. The molecule has 0 atom stereocenters. The molecule has 126 valence electrons. The van der Waals surface area contributed by atoms with E-state index >= 15 is 0 Å². The van der Waals surface area contributed by atoms with Gasteiger partial charge in [-0.05, 0) is 53.3 Å². The van der Waals surface area contributed by atoms with Gasteiger partial charge in [-0.15, -0.1) is 22.7 Å². The number of thiocarbonyl (C=S) groups is 1. The summed E-state index contributed by atoms with van der Waals surface area (Å²) in [6.45, 7) is 0. The number of rotatable bonds is 4. The second kappa shape index (κ2) is 8.02. The molecule has 1 aromatic carbocycles. The van der Waals surface area contributed by atoms with E-state index in [4.69, 9.17) is 12.2 Å². The number of carbonyl (C=O) groups excluding carboxylic acids is 2. The van der Waals surface area contributed by atoms with Gasteiger partial charge in [0, 0.05) is 11.4 Å². The molecule has 2 amide bonds. The van der Waals surface area contributed by atoms with Gasteiger partial charge in [-0.1, -0.05) is 18.2 Å². The minimum atomic E-state index is -0.255. The molecule has 25 heavy (non-hydrogen) atoms. The topological polar surface area (TPSA) is 70.2 Å². The van der Waals surface area contributed by atoms with Gasteiger partial charge in [-0.25, -0.2) is 0 Å². The van der Waals surface area contributed by atoms with Crippen molar-refractivity contribution < 1.29 is 9.59 Å². The van der Waals surface area contributed by atoms with E-state index in [1.807, 2.05) is 16.8 Å². The van der Waals surface area contributed by atoms with Gasteiger partial charge >= 0.3 is 0 Å². The molecule has 0 aliphatic heterocycles. The summed E-state index contributed by atoms with van der Waals surface area (Å²) in [5.41, 5.74) is 1.30. The predicted molar refractivity (Wildman–Crippen MR) is 107 cm³/mol. The van der Waals surface area contributed by atoms with Crippen molar-refractivity contribution in [3.8, 4) is 0 Å². The molecular weight excluding hydrogens is 374 g/mol. The van der Waals surface area contributed by atoms with E-state index in [-0.39, 0.29) is 16.9 Å². The van der Waals surface area contributed by atoms with E-state index in [1.165, 1.54) is 22.7 Å². The molecule has 0 saturated heterocycles. The molecule has 2 aromatic heterocycles. The largest absolute Gasteiger partial charge is 0.332 e. The van der Waals surface area contributed by atoms with E-state index in [9.17, 15) is 9.59 Å². The van der Waals surface area contributed by atoms with Crippen molar-refractivity contribution in [2.45, 2.75) is 0 Å². The van der Waals surface area contributed by atoms with E-state index in [0.717, 1.165) is 0 Å². The first-order chi connectivity index (χ1) is 12.1. The lowest BCUT2D eigenvalue weighted by molar-refractivity contribution is 0.0980. The Hall–Kier alpha value is -2.55. The zero-order valence-electron chi connectivity index (χ0n) is 12.8. The van der Waals surface area contributed by atoms with Gasteiger partial charge in [0.15, 0.2) is 5.11 Å². The third-order valence-electron chi connectivity index (χ3n) is 3.10.